The van der Waals surface area contributed by atoms with Gasteiger partial charge in [0.2, 0.25) is 0 Å². The fraction of sp³-hybridized carbons (Fsp3) is 0. The molecular weight excluding hydrogens is 440 g/mol. The van der Waals surface area contributed by atoms with Crippen LogP contribution in [0.3, 0.4) is 0 Å². The van der Waals surface area contributed by atoms with Crippen LogP contribution >= 0.6 is 15.9 Å². The topological polar surface area (TPSA) is 23.1 Å². The molecule has 5 rings (SSSR count). The van der Waals surface area contributed by atoms with Crippen LogP contribution in [0.4, 0.5) is 0 Å². The first-order valence-electron chi connectivity index (χ1n) is 9.40. The molecule has 0 aromatic heterocycles. The summed E-state index contributed by atoms with van der Waals surface area (Å²) < 4.78 is 14.9. The van der Waals surface area contributed by atoms with E-state index in [2.05, 4.69) is 64.5 Å². The molecule has 0 saturated carbocycles. The number of benzene rings is 5. The van der Waals surface area contributed by atoms with Crippen molar-refractivity contribution in [2.24, 2.45) is 0 Å². The van der Waals surface area contributed by atoms with Gasteiger partial charge in [-0.1, -0.05) is 88.7 Å². The van der Waals surface area contributed by atoms with Gasteiger partial charge in [-0.3, -0.25) is 0 Å². The number of hydrogen-bond donors (Lipinski definition) is 0. The molecule has 1 nitrogen and oxygen atoms in total. The molecule has 1 atom stereocenters. The van der Waals surface area contributed by atoms with Crippen LogP contribution in [0.15, 0.2) is 117 Å². The Labute approximate surface area is 181 Å². The van der Waals surface area contributed by atoms with E-state index in [1.165, 1.54) is 5.39 Å². The van der Waals surface area contributed by atoms with Crippen molar-refractivity contribution in [1.29, 1.82) is 0 Å². The third-order valence-corrected chi connectivity index (χ3v) is 7.18. The lowest BCUT2D eigenvalue weighted by atomic mass is 9.93. The monoisotopic (exact) mass is 456 g/mol. The van der Waals surface area contributed by atoms with Gasteiger partial charge in [-0.05, 0) is 52.1 Å². The van der Waals surface area contributed by atoms with Crippen LogP contribution in [0.2, 0.25) is 0 Å². The highest BCUT2D eigenvalue weighted by molar-refractivity contribution is 9.10. The maximum Gasteiger partial charge on any atom is 0.174 e. The minimum Gasteiger partial charge on any atom is -0.606 e. The van der Waals surface area contributed by atoms with Crippen molar-refractivity contribution in [1.82, 2.24) is 0 Å². The minimum absolute atomic E-state index is 0.797. The van der Waals surface area contributed by atoms with Crippen molar-refractivity contribution in [3.63, 3.8) is 0 Å². The Morgan fingerprint density at radius 1 is 0.552 bits per heavy atom. The van der Waals surface area contributed by atoms with Crippen molar-refractivity contribution in [2.45, 2.75) is 9.79 Å². The third kappa shape index (κ3) is 3.25. The predicted octanol–water partition coefficient (Wildman–Crippen LogP) is 7.59. The highest BCUT2D eigenvalue weighted by Gasteiger charge is 2.26. The van der Waals surface area contributed by atoms with Crippen LogP contribution < -0.4 is 0 Å². The first-order valence-corrected chi connectivity index (χ1v) is 11.3. The van der Waals surface area contributed by atoms with E-state index in [1.807, 2.05) is 54.6 Å². The second-order valence-electron chi connectivity index (χ2n) is 6.88. The standard InChI is InChI=1S/C26H17BrOS/c27-19-14-16-20(17-15-19)29(28)26-24-13-7-5-11-22(24)21-10-4-6-12-23(21)25(26)18-8-2-1-3-9-18/h1-17H. The molecule has 1 unspecified atom stereocenters. The summed E-state index contributed by atoms with van der Waals surface area (Å²) in [7, 11) is 0. The summed E-state index contributed by atoms with van der Waals surface area (Å²) in [6, 6.07) is 34.7. The van der Waals surface area contributed by atoms with Gasteiger partial charge in [-0.25, -0.2) is 0 Å². The molecule has 0 aliphatic heterocycles. The van der Waals surface area contributed by atoms with E-state index in [4.69, 9.17) is 0 Å². The average molecular weight is 457 g/mol. The van der Waals surface area contributed by atoms with Gasteiger partial charge in [-0.15, -0.1) is 0 Å². The Balaban J connectivity index is 1.93. The molecule has 0 radical (unpaired) electrons. The summed E-state index contributed by atoms with van der Waals surface area (Å²) in [5.41, 5.74) is 2.12. The molecular formula is C26H17BrOS. The van der Waals surface area contributed by atoms with E-state index in [1.54, 1.807) is 0 Å². The fourth-order valence-corrected chi connectivity index (χ4v) is 5.54. The molecule has 0 N–H and O–H groups in total. The Morgan fingerprint density at radius 3 is 1.72 bits per heavy atom. The smallest absolute Gasteiger partial charge is 0.174 e. The molecule has 0 fully saturated rings. The predicted molar refractivity (Wildman–Crippen MR) is 126 cm³/mol. The lowest BCUT2D eigenvalue weighted by molar-refractivity contribution is 0.596. The second kappa shape index (κ2) is 7.68. The zero-order chi connectivity index (χ0) is 19.8. The Morgan fingerprint density at radius 2 is 1.07 bits per heavy atom. The van der Waals surface area contributed by atoms with Gasteiger partial charge in [0.15, 0.2) is 9.79 Å². The molecule has 0 heterocycles. The van der Waals surface area contributed by atoms with Crippen molar-refractivity contribution in [3.05, 3.63) is 108 Å². The highest BCUT2D eigenvalue weighted by Crippen LogP contribution is 2.43. The number of rotatable bonds is 3. The Bertz CT molecular complexity index is 1310. The van der Waals surface area contributed by atoms with Crippen molar-refractivity contribution in [3.8, 4) is 11.1 Å². The highest BCUT2D eigenvalue weighted by atomic mass is 79.9. The molecule has 0 aliphatic rings. The molecule has 5 aromatic rings. The lowest BCUT2D eigenvalue weighted by Gasteiger charge is -2.19. The van der Waals surface area contributed by atoms with Gasteiger partial charge in [0, 0.05) is 26.6 Å². The molecule has 0 amide bonds. The van der Waals surface area contributed by atoms with Crippen LogP contribution in [0, 0.1) is 0 Å². The molecule has 0 aliphatic carbocycles. The minimum atomic E-state index is -1.32. The third-order valence-electron chi connectivity index (χ3n) is 5.16. The Hall–Kier alpha value is -2.59. The normalized spacial score (nSPS) is 12.3. The zero-order valence-corrected chi connectivity index (χ0v) is 17.9. The first kappa shape index (κ1) is 18.4. The summed E-state index contributed by atoms with van der Waals surface area (Å²) in [5, 5.41) is 4.46. The molecule has 29 heavy (non-hydrogen) atoms. The second-order valence-corrected chi connectivity index (χ2v) is 9.22. The van der Waals surface area contributed by atoms with Crippen molar-refractivity contribution < 1.29 is 4.55 Å². The Kier molecular flexibility index (Phi) is 4.88. The van der Waals surface area contributed by atoms with Crippen LogP contribution in [-0.2, 0) is 11.2 Å². The fourth-order valence-electron chi connectivity index (χ4n) is 3.87. The van der Waals surface area contributed by atoms with Gasteiger partial charge < -0.3 is 4.55 Å². The number of fused-ring (bicyclic) bond motifs is 3. The van der Waals surface area contributed by atoms with E-state index in [0.29, 0.717) is 0 Å². The van der Waals surface area contributed by atoms with Gasteiger partial charge in [0.25, 0.3) is 0 Å². The van der Waals surface area contributed by atoms with E-state index < -0.39 is 11.2 Å². The van der Waals surface area contributed by atoms with E-state index in [0.717, 1.165) is 41.5 Å². The molecule has 0 saturated heterocycles. The van der Waals surface area contributed by atoms with Gasteiger partial charge in [0.05, 0.1) is 0 Å². The zero-order valence-electron chi connectivity index (χ0n) is 15.5. The summed E-state index contributed by atoms with van der Waals surface area (Å²) in [6.07, 6.45) is 0. The van der Waals surface area contributed by atoms with Crippen molar-refractivity contribution >= 4 is 48.7 Å². The molecule has 5 aromatic carbocycles. The summed E-state index contributed by atoms with van der Waals surface area (Å²) in [6.45, 7) is 0. The average Bonchev–Trinajstić information content (AvgIpc) is 2.79. The van der Waals surface area contributed by atoms with E-state index in [9.17, 15) is 4.55 Å². The van der Waals surface area contributed by atoms with Crippen LogP contribution in [0.5, 0.6) is 0 Å². The van der Waals surface area contributed by atoms with E-state index >= 15 is 0 Å². The molecule has 0 bridgehead atoms. The maximum absolute atomic E-state index is 13.9. The van der Waals surface area contributed by atoms with Gasteiger partial charge >= 0.3 is 0 Å². The molecule has 3 heteroatoms. The summed E-state index contributed by atoms with van der Waals surface area (Å²) >= 11 is 2.16. The van der Waals surface area contributed by atoms with Gasteiger partial charge in [-0.2, -0.15) is 0 Å². The molecule has 140 valence electrons. The first-order chi connectivity index (χ1) is 14.2. The van der Waals surface area contributed by atoms with Crippen LogP contribution in [0.25, 0.3) is 32.7 Å². The molecule has 0 spiro atoms. The lowest BCUT2D eigenvalue weighted by Crippen LogP contribution is -2.06. The SMILES string of the molecule is [O-][S+](c1ccc(Br)cc1)c1c(-c2ccccc2)c2ccccc2c2ccccc12. The largest absolute Gasteiger partial charge is 0.606 e. The number of halogens is 1. The summed E-state index contributed by atoms with van der Waals surface area (Å²) in [4.78, 5) is 1.67. The van der Waals surface area contributed by atoms with Gasteiger partial charge in [0.1, 0.15) is 0 Å². The maximum atomic E-state index is 13.9. The van der Waals surface area contributed by atoms with Crippen LogP contribution in [-0.4, -0.2) is 4.55 Å². The van der Waals surface area contributed by atoms with E-state index in [-0.39, 0.29) is 0 Å². The number of hydrogen-bond acceptors (Lipinski definition) is 1. The van der Waals surface area contributed by atoms with Crippen LogP contribution in [0.1, 0.15) is 0 Å². The van der Waals surface area contributed by atoms with Crippen molar-refractivity contribution in [2.75, 3.05) is 0 Å². The summed E-state index contributed by atoms with van der Waals surface area (Å²) in [5.74, 6) is 0. The quantitative estimate of drug-likeness (QED) is 0.202.